The fraction of sp³-hybridized carbons (Fsp3) is 0.480. The quantitative estimate of drug-likeness (QED) is 0.277. The van der Waals surface area contributed by atoms with Crippen molar-refractivity contribution in [3.8, 4) is 5.75 Å². The van der Waals surface area contributed by atoms with Crippen molar-refractivity contribution in [1.29, 1.82) is 0 Å². The van der Waals surface area contributed by atoms with Gasteiger partial charge in [0.05, 0.1) is 23.3 Å². The lowest BCUT2D eigenvalue weighted by molar-refractivity contribution is -0.156. The van der Waals surface area contributed by atoms with E-state index >= 15 is 0 Å². The van der Waals surface area contributed by atoms with Crippen LogP contribution in [0.2, 0.25) is 0 Å². The summed E-state index contributed by atoms with van der Waals surface area (Å²) in [4.78, 5) is 8.70. The minimum Gasteiger partial charge on any atom is -0.506 e. The number of aldehydes is 1. The first-order chi connectivity index (χ1) is 17.3. The Bertz CT molecular complexity index is 1280. The summed E-state index contributed by atoms with van der Waals surface area (Å²) in [6.45, 7) is 1.03. The zero-order valence-corrected chi connectivity index (χ0v) is 22.6. The Balaban J connectivity index is 0.000000480. The number of carbonyl (C=O) groups is 1. The monoisotopic (exact) mass is 603 g/mol. The summed E-state index contributed by atoms with van der Waals surface area (Å²) < 4.78 is 58.2. The van der Waals surface area contributed by atoms with Gasteiger partial charge in [0, 0.05) is 15.9 Å². The molecule has 2 aromatic rings. The predicted octanol–water partition coefficient (Wildman–Crippen LogP) is 5.36. The van der Waals surface area contributed by atoms with Gasteiger partial charge in [0.25, 0.3) is 0 Å². The third kappa shape index (κ3) is 5.91. The van der Waals surface area contributed by atoms with E-state index in [1.165, 1.54) is 36.8 Å². The van der Waals surface area contributed by atoms with Crippen LogP contribution in [0.15, 0.2) is 34.8 Å². The van der Waals surface area contributed by atoms with E-state index in [1.54, 1.807) is 18.2 Å². The fourth-order valence-electron chi connectivity index (χ4n) is 6.15. The number of sulfonamides is 1. The molecule has 1 saturated heterocycles. The molecule has 0 aromatic heterocycles. The maximum Gasteiger partial charge on any atom is 0.446 e. The molecule has 3 aliphatic rings. The molecular formula is C25H29BrF3N3O4S. The van der Waals surface area contributed by atoms with Crippen molar-refractivity contribution in [2.45, 2.75) is 56.2 Å². The van der Waals surface area contributed by atoms with Crippen LogP contribution in [0.1, 0.15) is 43.2 Å². The summed E-state index contributed by atoms with van der Waals surface area (Å²) in [5.74, 6) is 0.822. The molecule has 2 aliphatic carbocycles. The van der Waals surface area contributed by atoms with Gasteiger partial charge in [0.15, 0.2) is 0 Å². The second kappa shape index (κ2) is 10.5. The summed E-state index contributed by atoms with van der Waals surface area (Å²) in [7, 11) is -3.42. The summed E-state index contributed by atoms with van der Waals surface area (Å²) in [5.41, 5.74) is 4.31. The maximum absolute atomic E-state index is 11.8. The van der Waals surface area contributed by atoms with Crippen LogP contribution in [0.5, 0.6) is 5.75 Å². The molecule has 2 fully saturated rings. The third-order valence-electron chi connectivity index (χ3n) is 7.48. The molecule has 0 unspecified atom stereocenters. The van der Waals surface area contributed by atoms with Crippen molar-refractivity contribution in [3.63, 3.8) is 0 Å². The van der Waals surface area contributed by atoms with Crippen molar-refractivity contribution in [2.24, 2.45) is 5.92 Å². The van der Waals surface area contributed by atoms with Crippen LogP contribution in [0, 0.1) is 5.92 Å². The van der Waals surface area contributed by atoms with Crippen molar-refractivity contribution in [1.82, 2.24) is 5.32 Å². The zero-order chi connectivity index (χ0) is 27.0. The Labute approximate surface area is 222 Å². The van der Waals surface area contributed by atoms with Gasteiger partial charge in [-0.2, -0.15) is 13.2 Å². The van der Waals surface area contributed by atoms with Crippen LogP contribution in [-0.4, -0.2) is 44.8 Å². The lowest BCUT2D eigenvalue weighted by atomic mass is 9.53. The van der Waals surface area contributed by atoms with E-state index in [4.69, 9.17) is 4.79 Å². The Kier molecular flexibility index (Phi) is 7.83. The predicted molar refractivity (Wildman–Crippen MR) is 140 cm³/mol. The van der Waals surface area contributed by atoms with Gasteiger partial charge in [-0.25, -0.2) is 8.42 Å². The highest BCUT2D eigenvalue weighted by Gasteiger charge is 2.52. The number of phenolic OH excluding ortho intramolecular Hbond substituents is 1. The van der Waals surface area contributed by atoms with E-state index < -0.39 is 22.5 Å². The zero-order valence-electron chi connectivity index (χ0n) is 20.2. The van der Waals surface area contributed by atoms with Crippen molar-refractivity contribution >= 4 is 49.3 Å². The number of hydrogen-bond acceptors (Lipinski definition) is 6. The smallest absolute Gasteiger partial charge is 0.446 e. The lowest BCUT2D eigenvalue weighted by Crippen LogP contribution is -2.59. The molecule has 7 nitrogen and oxygen atoms in total. The van der Waals surface area contributed by atoms with Crippen LogP contribution < -0.4 is 15.4 Å². The van der Waals surface area contributed by atoms with Gasteiger partial charge in [0.1, 0.15) is 5.75 Å². The number of hydrogen-bond donors (Lipinski definition) is 4. The Hall–Kier alpha value is -2.31. The van der Waals surface area contributed by atoms with E-state index in [-0.39, 0.29) is 11.2 Å². The average molecular weight is 604 g/mol. The number of halogens is 4. The van der Waals surface area contributed by atoms with Gasteiger partial charge >= 0.3 is 6.18 Å². The molecule has 2 aromatic carbocycles. The highest BCUT2D eigenvalue weighted by molar-refractivity contribution is 9.10. The molecule has 37 heavy (non-hydrogen) atoms. The van der Waals surface area contributed by atoms with E-state index in [0.717, 1.165) is 30.1 Å². The molecule has 3 atom stereocenters. The second-order valence-corrected chi connectivity index (χ2v) is 12.4. The number of rotatable bonds is 4. The molecule has 12 heteroatoms. The van der Waals surface area contributed by atoms with Crippen LogP contribution in [0.25, 0.3) is 0 Å². The van der Waals surface area contributed by atoms with Gasteiger partial charge in [-0.05, 0) is 83.4 Å². The van der Waals surface area contributed by atoms with Gasteiger partial charge in [-0.1, -0.05) is 25.0 Å². The Morgan fingerprint density at radius 2 is 1.86 bits per heavy atom. The molecule has 0 radical (unpaired) electrons. The first-order valence-corrected chi connectivity index (χ1v) is 14.7. The molecule has 1 aliphatic heterocycles. The minimum atomic E-state index is -4.64. The Morgan fingerprint density at radius 3 is 2.51 bits per heavy atom. The van der Waals surface area contributed by atoms with Crippen molar-refractivity contribution in [2.75, 3.05) is 22.8 Å². The number of benzene rings is 2. The average Bonchev–Trinajstić information content (AvgIpc) is 2.82. The lowest BCUT2D eigenvalue weighted by Gasteiger charge is -2.56. The highest BCUT2D eigenvalue weighted by atomic mass is 79.9. The van der Waals surface area contributed by atoms with Crippen molar-refractivity contribution in [3.05, 3.63) is 45.9 Å². The van der Waals surface area contributed by atoms with Crippen molar-refractivity contribution < 1.29 is 31.5 Å². The van der Waals surface area contributed by atoms with Crippen LogP contribution in [0.4, 0.5) is 30.2 Å². The SMILES string of the molecule is CS(=O)(=O)Nc1ccccc1Nc1c(O)cc2c(c1Br)C[C@@H]1NCC[C@]23CCCC[C@H]13.O=CC(F)(F)F. The molecule has 0 amide bonds. The fourth-order valence-corrected chi connectivity index (χ4v) is 7.40. The number of alkyl halides is 3. The molecule has 2 bridgehead atoms. The maximum atomic E-state index is 11.8. The second-order valence-electron chi connectivity index (χ2n) is 9.84. The molecule has 5 rings (SSSR count). The number of para-hydroxylation sites is 2. The van der Waals surface area contributed by atoms with Gasteiger partial charge in [-0.15, -0.1) is 0 Å². The summed E-state index contributed by atoms with van der Waals surface area (Å²) in [6, 6.07) is 9.54. The largest absolute Gasteiger partial charge is 0.506 e. The first kappa shape index (κ1) is 27.7. The molecular weight excluding hydrogens is 575 g/mol. The van der Waals surface area contributed by atoms with Crippen LogP contribution in [0.3, 0.4) is 0 Å². The van der Waals surface area contributed by atoms with E-state index in [2.05, 4.69) is 31.3 Å². The number of anilines is 3. The molecule has 0 spiro atoms. The minimum absolute atomic E-state index is 0.149. The molecule has 4 N–H and O–H groups in total. The van der Waals surface area contributed by atoms with E-state index in [0.29, 0.717) is 29.0 Å². The molecule has 1 heterocycles. The molecule has 202 valence electrons. The topological polar surface area (TPSA) is 108 Å². The van der Waals surface area contributed by atoms with Gasteiger partial charge < -0.3 is 15.7 Å². The first-order valence-electron chi connectivity index (χ1n) is 12.0. The van der Waals surface area contributed by atoms with Gasteiger partial charge in [-0.3, -0.25) is 9.52 Å². The van der Waals surface area contributed by atoms with Crippen LogP contribution in [-0.2, 0) is 26.7 Å². The third-order valence-corrected chi connectivity index (χ3v) is 8.95. The number of piperidine rings is 1. The number of phenols is 1. The number of carbonyl (C=O) groups excluding carboxylic acids is 1. The van der Waals surface area contributed by atoms with E-state index in [1.807, 2.05) is 12.1 Å². The molecule has 1 saturated carbocycles. The summed E-state index contributed by atoms with van der Waals surface area (Å²) >= 11 is 3.79. The standard InChI is InChI=1S/C23H28BrN3O3S.C2HF3O/c1-31(29,30)27-18-8-3-2-7-17(18)26-22-20(28)13-16-14(21(22)24)12-19-15-6-4-5-9-23(15,16)10-11-25-19;3-2(4,5)1-6/h2-3,7-8,13,15,19,25-28H,4-6,9-12H2,1H3;1H/t15-,19+,23+;/m1./s1. The summed E-state index contributed by atoms with van der Waals surface area (Å²) in [5, 5.41) is 18.1. The number of fused-ring (bicyclic) bond motifs is 1. The Morgan fingerprint density at radius 1 is 1.19 bits per heavy atom. The van der Waals surface area contributed by atoms with E-state index in [9.17, 15) is 26.7 Å². The number of nitrogens with one attached hydrogen (secondary N) is 3. The normalized spacial score (nSPS) is 24.6. The van der Waals surface area contributed by atoms with Crippen LogP contribution >= 0.6 is 15.9 Å². The van der Waals surface area contributed by atoms with Gasteiger partial charge in [0.2, 0.25) is 16.3 Å². The summed E-state index contributed by atoms with van der Waals surface area (Å²) in [6.07, 6.45) is 2.43. The number of aromatic hydroxyl groups is 1. The highest BCUT2D eigenvalue weighted by Crippen LogP contribution is 2.57.